The lowest BCUT2D eigenvalue weighted by Crippen LogP contribution is -2.39. The Morgan fingerprint density at radius 3 is 2.92 bits per heavy atom. The van der Waals surface area contributed by atoms with Crippen molar-refractivity contribution in [2.24, 2.45) is 0 Å². The maximum Gasteiger partial charge on any atom is 0.297 e. The van der Waals surface area contributed by atoms with Gasteiger partial charge in [0.15, 0.2) is 9.84 Å². The minimum atomic E-state index is -3.08. The molecule has 3 aromatic rings. The molecular formula is C16H15N3O5S. The normalized spacial score (nSPS) is 19.4. The molecule has 2 aromatic heterocycles. The van der Waals surface area contributed by atoms with Crippen LogP contribution in [-0.2, 0) is 21.2 Å². The summed E-state index contributed by atoms with van der Waals surface area (Å²) in [7, 11) is -3.08. The first-order valence-corrected chi connectivity index (χ1v) is 9.61. The van der Waals surface area contributed by atoms with Gasteiger partial charge in [-0.1, -0.05) is 12.1 Å². The maximum atomic E-state index is 12.5. The van der Waals surface area contributed by atoms with Gasteiger partial charge < -0.3 is 9.73 Å². The zero-order valence-electron chi connectivity index (χ0n) is 13.1. The molecule has 1 fully saturated rings. The van der Waals surface area contributed by atoms with Gasteiger partial charge in [-0.05, 0) is 18.6 Å². The lowest BCUT2D eigenvalue weighted by molar-refractivity contribution is -0.122. The average molecular weight is 361 g/mol. The van der Waals surface area contributed by atoms with Crippen molar-refractivity contribution in [2.45, 2.75) is 19.0 Å². The molecule has 1 saturated heterocycles. The van der Waals surface area contributed by atoms with Crippen LogP contribution >= 0.6 is 0 Å². The second-order valence-electron chi connectivity index (χ2n) is 6.12. The summed E-state index contributed by atoms with van der Waals surface area (Å²) in [5.41, 5.74) is 0.662. The molecule has 0 radical (unpaired) electrons. The number of sulfone groups is 1. The fourth-order valence-electron chi connectivity index (χ4n) is 3.06. The second kappa shape index (κ2) is 5.69. The summed E-state index contributed by atoms with van der Waals surface area (Å²) in [5, 5.41) is 3.39. The third-order valence-corrected chi connectivity index (χ3v) is 6.03. The zero-order chi connectivity index (χ0) is 17.6. The van der Waals surface area contributed by atoms with E-state index in [4.69, 9.17) is 4.42 Å². The minimum absolute atomic E-state index is 0.0610. The first kappa shape index (κ1) is 15.8. The number of hydrogen-bond donors (Lipinski definition) is 1. The molecule has 1 aliphatic rings. The van der Waals surface area contributed by atoms with Gasteiger partial charge in [0, 0.05) is 11.4 Å². The number of carbonyl (C=O) groups is 1. The Morgan fingerprint density at radius 2 is 2.16 bits per heavy atom. The van der Waals surface area contributed by atoms with E-state index in [1.165, 1.54) is 6.33 Å². The van der Waals surface area contributed by atoms with Gasteiger partial charge in [-0.25, -0.2) is 13.4 Å². The first-order chi connectivity index (χ1) is 11.9. The Bertz CT molecular complexity index is 1150. The van der Waals surface area contributed by atoms with Crippen LogP contribution in [0.25, 0.3) is 22.1 Å². The number of amides is 1. The van der Waals surface area contributed by atoms with Gasteiger partial charge in [-0.15, -0.1) is 0 Å². The van der Waals surface area contributed by atoms with E-state index in [1.54, 1.807) is 12.1 Å². The van der Waals surface area contributed by atoms with E-state index in [-0.39, 0.29) is 23.6 Å². The molecule has 130 valence electrons. The molecule has 25 heavy (non-hydrogen) atoms. The average Bonchev–Trinajstić information content (AvgIpc) is 3.10. The van der Waals surface area contributed by atoms with Gasteiger partial charge >= 0.3 is 0 Å². The summed E-state index contributed by atoms with van der Waals surface area (Å²) in [6.07, 6.45) is 1.70. The monoisotopic (exact) mass is 361 g/mol. The quantitative estimate of drug-likeness (QED) is 0.725. The number of carbonyl (C=O) groups excluding carboxylic acids is 1. The molecule has 1 amide bonds. The van der Waals surface area contributed by atoms with Crippen LogP contribution in [0.1, 0.15) is 6.42 Å². The van der Waals surface area contributed by atoms with Crippen molar-refractivity contribution in [2.75, 3.05) is 11.5 Å². The van der Waals surface area contributed by atoms with Crippen LogP contribution in [-0.4, -0.2) is 41.4 Å². The fraction of sp³-hybridized carbons (Fsp3) is 0.312. The van der Waals surface area contributed by atoms with E-state index in [9.17, 15) is 18.0 Å². The molecule has 0 aliphatic carbocycles. The van der Waals surface area contributed by atoms with Crippen LogP contribution in [0.15, 0.2) is 39.8 Å². The highest BCUT2D eigenvalue weighted by Gasteiger charge is 2.29. The van der Waals surface area contributed by atoms with Crippen LogP contribution in [0.5, 0.6) is 0 Å². The largest absolute Gasteiger partial charge is 0.448 e. The summed E-state index contributed by atoms with van der Waals surface area (Å²) in [4.78, 5) is 28.9. The highest BCUT2D eigenvalue weighted by molar-refractivity contribution is 7.91. The topological polar surface area (TPSA) is 111 Å². The van der Waals surface area contributed by atoms with E-state index in [0.29, 0.717) is 17.5 Å². The summed E-state index contributed by atoms with van der Waals surface area (Å²) in [6.45, 7) is -0.241. The lowest BCUT2D eigenvalue weighted by atomic mass is 10.2. The van der Waals surface area contributed by atoms with E-state index in [2.05, 4.69) is 10.3 Å². The molecular weight excluding hydrogens is 346 g/mol. The number of aromatic nitrogens is 2. The Morgan fingerprint density at radius 1 is 1.36 bits per heavy atom. The van der Waals surface area contributed by atoms with Gasteiger partial charge in [0.05, 0.1) is 17.8 Å². The van der Waals surface area contributed by atoms with E-state index < -0.39 is 27.3 Å². The number of para-hydroxylation sites is 1. The third-order valence-electron chi connectivity index (χ3n) is 4.26. The molecule has 1 aromatic carbocycles. The SMILES string of the molecule is O=C(Cn1cnc2c(oc3ccccc32)c1=O)N[C@H]1CCS(=O)(=O)C1. The molecule has 1 atom stereocenters. The fourth-order valence-corrected chi connectivity index (χ4v) is 4.74. The molecule has 0 bridgehead atoms. The number of nitrogens with zero attached hydrogens (tertiary/aromatic N) is 2. The molecule has 4 rings (SSSR count). The zero-order valence-corrected chi connectivity index (χ0v) is 14.0. The summed E-state index contributed by atoms with van der Waals surface area (Å²) in [6, 6.07) is 6.77. The van der Waals surface area contributed by atoms with Gasteiger partial charge in [0.2, 0.25) is 11.5 Å². The minimum Gasteiger partial charge on any atom is -0.448 e. The molecule has 1 aliphatic heterocycles. The number of fused-ring (bicyclic) bond motifs is 3. The van der Waals surface area contributed by atoms with Gasteiger partial charge in [0.25, 0.3) is 5.56 Å². The van der Waals surface area contributed by atoms with Crippen molar-refractivity contribution in [3.8, 4) is 0 Å². The van der Waals surface area contributed by atoms with Crippen LogP contribution in [0.3, 0.4) is 0 Å². The molecule has 8 nitrogen and oxygen atoms in total. The maximum absolute atomic E-state index is 12.5. The van der Waals surface area contributed by atoms with Gasteiger partial charge in [-0.3, -0.25) is 14.2 Å². The third kappa shape index (κ3) is 2.91. The van der Waals surface area contributed by atoms with Crippen molar-refractivity contribution in [3.63, 3.8) is 0 Å². The Labute approximate surface area is 142 Å². The van der Waals surface area contributed by atoms with Crippen molar-refractivity contribution < 1.29 is 17.6 Å². The summed E-state index contributed by atoms with van der Waals surface area (Å²) in [5.74, 6) is -0.416. The van der Waals surface area contributed by atoms with Crippen molar-refractivity contribution in [3.05, 3.63) is 40.9 Å². The number of nitrogens with one attached hydrogen (secondary N) is 1. The van der Waals surface area contributed by atoms with Gasteiger partial charge in [-0.2, -0.15) is 0 Å². The smallest absolute Gasteiger partial charge is 0.297 e. The Kier molecular flexibility index (Phi) is 3.60. The van der Waals surface area contributed by atoms with E-state index >= 15 is 0 Å². The summed E-state index contributed by atoms with van der Waals surface area (Å²) >= 11 is 0. The van der Waals surface area contributed by atoms with Crippen LogP contribution < -0.4 is 10.9 Å². The summed E-state index contributed by atoms with van der Waals surface area (Å²) < 4.78 is 29.6. The molecule has 0 unspecified atom stereocenters. The predicted molar refractivity (Wildman–Crippen MR) is 91.0 cm³/mol. The number of hydrogen-bond acceptors (Lipinski definition) is 6. The van der Waals surface area contributed by atoms with Crippen LogP contribution in [0.4, 0.5) is 0 Å². The van der Waals surface area contributed by atoms with Crippen molar-refractivity contribution in [1.82, 2.24) is 14.9 Å². The number of benzene rings is 1. The molecule has 0 saturated carbocycles. The van der Waals surface area contributed by atoms with Crippen LogP contribution in [0.2, 0.25) is 0 Å². The van der Waals surface area contributed by atoms with Gasteiger partial charge in [0.1, 0.15) is 17.6 Å². The highest BCUT2D eigenvalue weighted by Crippen LogP contribution is 2.23. The second-order valence-corrected chi connectivity index (χ2v) is 8.35. The molecule has 3 heterocycles. The van der Waals surface area contributed by atoms with E-state index in [0.717, 1.165) is 9.95 Å². The molecule has 1 N–H and O–H groups in total. The Hall–Kier alpha value is -2.68. The standard InChI is InChI=1S/C16H15N3O5S/c20-13(18-10-5-6-25(22,23)8-10)7-19-9-17-14-11-3-1-2-4-12(11)24-15(14)16(19)21/h1-4,9-10H,5-8H2,(H,18,20)/t10-/m0/s1. The van der Waals surface area contributed by atoms with E-state index in [1.807, 2.05) is 12.1 Å². The van der Waals surface area contributed by atoms with Crippen molar-refractivity contribution in [1.29, 1.82) is 0 Å². The lowest BCUT2D eigenvalue weighted by Gasteiger charge is -2.11. The Balaban J connectivity index is 1.59. The number of rotatable bonds is 3. The highest BCUT2D eigenvalue weighted by atomic mass is 32.2. The van der Waals surface area contributed by atoms with Crippen molar-refractivity contribution >= 4 is 37.8 Å². The molecule has 9 heteroatoms. The number of furan rings is 1. The van der Waals surface area contributed by atoms with Crippen LogP contribution in [0, 0.1) is 0 Å². The molecule has 0 spiro atoms. The predicted octanol–water partition coefficient (Wildman–Crippen LogP) is 0.446. The first-order valence-electron chi connectivity index (χ1n) is 7.79.